The van der Waals surface area contributed by atoms with Crippen LogP contribution in [-0.2, 0) is 4.74 Å². The van der Waals surface area contributed by atoms with E-state index in [1.54, 1.807) is 44.4 Å². The fourth-order valence-corrected chi connectivity index (χ4v) is 1.57. The number of nitrogens with zero attached hydrogens (tertiary/aromatic N) is 2. The van der Waals surface area contributed by atoms with E-state index in [1.807, 2.05) is 0 Å². The molecule has 0 aliphatic rings. The summed E-state index contributed by atoms with van der Waals surface area (Å²) in [4.78, 5) is 31.5. The molecule has 2 aromatic heterocycles. The number of hydrogen-bond donors (Lipinski definition) is 0. The van der Waals surface area contributed by atoms with Crippen molar-refractivity contribution in [1.82, 2.24) is 9.97 Å². The maximum absolute atomic E-state index is 11.9. The van der Waals surface area contributed by atoms with E-state index in [-0.39, 0.29) is 70.2 Å². The van der Waals surface area contributed by atoms with Crippen LogP contribution in [0.1, 0.15) is 32.0 Å². The van der Waals surface area contributed by atoms with Crippen LogP contribution in [0.2, 0.25) is 0 Å². The molecule has 2 heterocycles. The van der Waals surface area contributed by atoms with E-state index in [0.717, 1.165) is 0 Å². The van der Waals surface area contributed by atoms with Gasteiger partial charge in [-0.05, 0) is 37.6 Å². The molecule has 0 amide bonds. The van der Waals surface area contributed by atoms with E-state index in [2.05, 4.69) is 9.97 Å². The molecule has 0 radical (unpaired) electrons. The maximum atomic E-state index is 11.9. The minimum absolute atomic E-state index is 0. The van der Waals surface area contributed by atoms with Crippen LogP contribution in [0.4, 0.5) is 0 Å². The van der Waals surface area contributed by atoms with Gasteiger partial charge >= 0.3 is 71.1 Å². The van der Waals surface area contributed by atoms with Gasteiger partial charge in [-0.1, -0.05) is 0 Å². The van der Waals surface area contributed by atoms with E-state index in [9.17, 15) is 9.59 Å². The van der Waals surface area contributed by atoms with Gasteiger partial charge in [0, 0.05) is 18.6 Å². The molecule has 7 heteroatoms. The molecule has 0 N–H and O–H groups in total. The Morgan fingerprint density at radius 1 is 1.00 bits per heavy atom. The number of aromatic nitrogens is 2. The summed E-state index contributed by atoms with van der Waals surface area (Å²) < 4.78 is 4.83. The van der Waals surface area contributed by atoms with Gasteiger partial charge in [0.15, 0.2) is 0 Å². The van der Waals surface area contributed by atoms with Crippen molar-refractivity contribution in [2.24, 2.45) is 0 Å². The predicted octanol–water partition coefficient (Wildman–Crippen LogP) is 0.794. The van der Waals surface area contributed by atoms with E-state index >= 15 is 0 Å². The van der Waals surface area contributed by atoms with Gasteiger partial charge in [-0.25, -0.2) is 9.59 Å². The number of carbonyl (C=O) groups excluding carboxylic acids is 2. The first kappa shape index (κ1) is 20.4. The van der Waals surface area contributed by atoms with Crippen molar-refractivity contribution in [3.63, 3.8) is 0 Å². The summed E-state index contributed by atoms with van der Waals surface area (Å²) in [5, 5.41) is 0. The summed E-state index contributed by atoms with van der Waals surface area (Å²) in [5.41, 5.74) is 1.77. The van der Waals surface area contributed by atoms with E-state index < -0.39 is 11.9 Å². The molecule has 0 aliphatic carbocycles. The van der Waals surface area contributed by atoms with Crippen LogP contribution in [0.3, 0.4) is 0 Å². The molecular weight excluding hydrogens is 290 g/mol. The number of hydrogen-bond acceptors (Lipinski definition) is 5. The Kier molecular flexibility index (Phi) is 9.20. The second-order valence-electron chi connectivity index (χ2n) is 4.00. The van der Waals surface area contributed by atoms with Crippen molar-refractivity contribution in [3.8, 4) is 0 Å². The Balaban J connectivity index is 0.00000200. The molecular formula is C14H14N2Na2O3. The zero-order chi connectivity index (χ0) is 13.8. The van der Waals surface area contributed by atoms with Crippen molar-refractivity contribution in [2.45, 2.75) is 13.8 Å². The van der Waals surface area contributed by atoms with Gasteiger partial charge in [-0.2, -0.15) is 0 Å². The van der Waals surface area contributed by atoms with Gasteiger partial charge in [-0.15, -0.1) is 0 Å². The third kappa shape index (κ3) is 5.29. The Morgan fingerprint density at radius 3 is 2.29 bits per heavy atom. The third-order valence-corrected chi connectivity index (χ3v) is 2.67. The van der Waals surface area contributed by atoms with Gasteiger partial charge in [-0.3, -0.25) is 9.97 Å². The van der Waals surface area contributed by atoms with Gasteiger partial charge in [0.25, 0.3) is 0 Å². The molecule has 0 saturated heterocycles. The third-order valence-electron chi connectivity index (χ3n) is 2.67. The normalized spacial score (nSPS) is 9.05. The Morgan fingerprint density at radius 2 is 1.67 bits per heavy atom. The topological polar surface area (TPSA) is 69.2 Å². The number of esters is 2. The summed E-state index contributed by atoms with van der Waals surface area (Å²) in [5.74, 6) is -1.42. The van der Waals surface area contributed by atoms with Crippen LogP contribution in [0.25, 0.3) is 0 Å². The number of ether oxygens (including phenoxy) is 1. The van der Waals surface area contributed by atoms with Crippen LogP contribution in [-0.4, -0.2) is 81.0 Å². The molecule has 5 nitrogen and oxygen atoms in total. The van der Waals surface area contributed by atoms with Crippen LogP contribution >= 0.6 is 0 Å². The molecule has 2 rings (SSSR count). The zero-order valence-corrected chi connectivity index (χ0v) is 10.6. The van der Waals surface area contributed by atoms with Crippen LogP contribution in [0.5, 0.6) is 0 Å². The van der Waals surface area contributed by atoms with E-state index in [1.165, 1.54) is 6.20 Å². The van der Waals surface area contributed by atoms with Gasteiger partial charge in [0.1, 0.15) is 0 Å². The Bertz CT molecular complexity index is 592. The first-order valence-electron chi connectivity index (χ1n) is 5.68. The number of rotatable bonds is 2. The first-order chi connectivity index (χ1) is 9.09. The average molecular weight is 304 g/mol. The second kappa shape index (κ2) is 9.46. The first-order valence-corrected chi connectivity index (χ1v) is 5.68. The Hall–Kier alpha value is -0.560. The van der Waals surface area contributed by atoms with E-state index in [0.29, 0.717) is 11.3 Å². The summed E-state index contributed by atoms with van der Waals surface area (Å²) in [6.45, 7) is 3.43. The number of carbonyl (C=O) groups is 2. The fourth-order valence-electron chi connectivity index (χ4n) is 1.57. The minimum atomic E-state index is -0.709. The summed E-state index contributed by atoms with van der Waals surface area (Å²) >= 11 is 0. The molecule has 2 aromatic rings. The average Bonchev–Trinajstić information content (AvgIpc) is 2.39. The zero-order valence-electron chi connectivity index (χ0n) is 10.6. The Labute approximate surface area is 167 Å². The summed E-state index contributed by atoms with van der Waals surface area (Å²) in [7, 11) is 0. The fraction of sp³-hybridized carbons (Fsp3) is 0.143. The van der Waals surface area contributed by atoms with Crippen molar-refractivity contribution in [1.29, 1.82) is 0 Å². The number of pyridine rings is 2. The molecule has 0 aromatic carbocycles. The molecule has 0 spiro atoms. The van der Waals surface area contributed by atoms with Gasteiger partial charge in [0.2, 0.25) is 0 Å². The van der Waals surface area contributed by atoms with Gasteiger partial charge < -0.3 is 4.74 Å². The summed E-state index contributed by atoms with van der Waals surface area (Å²) in [6, 6.07) is 4.85. The second-order valence-corrected chi connectivity index (χ2v) is 4.00. The molecule has 0 unspecified atom stereocenters. The summed E-state index contributed by atoms with van der Waals surface area (Å²) in [6.07, 6.45) is 4.51. The standard InChI is InChI=1S/C14H12N2O3.2Na.2H/c1-9-5-7-15-8-12(9)14(18)19-13(17)11-4-3-6-16-10(11)2;;;;/h3-8H,1-2H3;;;;. The molecule has 0 bridgehead atoms. The molecule has 0 saturated carbocycles. The molecule has 0 atom stereocenters. The molecule has 21 heavy (non-hydrogen) atoms. The monoisotopic (exact) mass is 304 g/mol. The molecule has 100 valence electrons. The molecule has 0 aliphatic heterocycles. The SMILES string of the molecule is Cc1ccncc1C(=O)OC(=O)c1cccnc1C.[NaH].[NaH]. The van der Waals surface area contributed by atoms with E-state index in [4.69, 9.17) is 4.74 Å². The molecule has 0 fully saturated rings. The van der Waals surface area contributed by atoms with Crippen molar-refractivity contribution in [2.75, 3.05) is 0 Å². The van der Waals surface area contributed by atoms with Crippen molar-refractivity contribution < 1.29 is 14.3 Å². The van der Waals surface area contributed by atoms with Crippen LogP contribution < -0.4 is 0 Å². The van der Waals surface area contributed by atoms with Crippen LogP contribution in [0, 0.1) is 13.8 Å². The van der Waals surface area contributed by atoms with Crippen molar-refractivity contribution in [3.05, 3.63) is 59.2 Å². The van der Waals surface area contributed by atoms with Crippen molar-refractivity contribution >= 4 is 71.1 Å². The quantitative estimate of drug-likeness (QED) is 0.466. The van der Waals surface area contributed by atoms with Crippen LogP contribution in [0.15, 0.2) is 36.8 Å². The van der Waals surface area contributed by atoms with Gasteiger partial charge in [0.05, 0.1) is 16.8 Å². The predicted molar refractivity (Wildman–Crippen MR) is 82.0 cm³/mol. The number of aryl methyl sites for hydroxylation is 2.